The average Bonchev–Trinajstić information content (AvgIpc) is 3.29. The van der Waals surface area contributed by atoms with Gasteiger partial charge in [-0.3, -0.25) is 14.5 Å². The molecule has 33 heavy (non-hydrogen) atoms. The normalized spacial score (nSPS) is 13.7. The molecule has 1 aliphatic rings. The number of ether oxygens (including phenoxy) is 1. The van der Waals surface area contributed by atoms with E-state index in [1.165, 1.54) is 10.1 Å². The summed E-state index contributed by atoms with van der Waals surface area (Å²) in [7, 11) is 0. The first-order chi connectivity index (χ1) is 16.1. The molecular weight excluding hydrogens is 416 g/mol. The predicted octanol–water partition coefficient (Wildman–Crippen LogP) is 3.28. The zero-order valence-corrected chi connectivity index (χ0v) is 18.6. The zero-order valence-electron chi connectivity index (χ0n) is 18.6. The van der Waals surface area contributed by atoms with Crippen LogP contribution >= 0.6 is 0 Å². The minimum atomic E-state index is -0.326. The number of esters is 1. The summed E-state index contributed by atoms with van der Waals surface area (Å²) in [4.78, 5) is 28.2. The van der Waals surface area contributed by atoms with Crippen LogP contribution in [0.1, 0.15) is 23.7 Å². The van der Waals surface area contributed by atoms with E-state index in [-0.39, 0.29) is 18.1 Å². The molecule has 5 rings (SSSR count). The van der Waals surface area contributed by atoms with Crippen LogP contribution in [0.4, 0.5) is 0 Å². The van der Waals surface area contributed by atoms with E-state index >= 15 is 0 Å². The molecule has 0 aliphatic carbocycles. The van der Waals surface area contributed by atoms with Crippen molar-refractivity contribution >= 4 is 11.6 Å². The van der Waals surface area contributed by atoms with Crippen LogP contribution in [0.5, 0.6) is 0 Å². The maximum Gasteiger partial charge on any atom is 0.326 e. The molecule has 2 aromatic carbocycles. The van der Waals surface area contributed by atoms with E-state index in [9.17, 15) is 9.59 Å². The Morgan fingerprint density at radius 3 is 2.52 bits per heavy atom. The van der Waals surface area contributed by atoms with Gasteiger partial charge in [0, 0.05) is 42.5 Å². The lowest BCUT2D eigenvalue weighted by Crippen LogP contribution is -2.39. The van der Waals surface area contributed by atoms with Crippen molar-refractivity contribution in [2.45, 2.75) is 33.0 Å². The van der Waals surface area contributed by atoms with Gasteiger partial charge < -0.3 is 9.30 Å². The van der Waals surface area contributed by atoms with Crippen molar-refractivity contribution in [1.29, 1.82) is 0 Å². The fourth-order valence-corrected chi connectivity index (χ4v) is 4.50. The molecule has 0 spiro atoms. The molecular formula is C26H26N4O3. The number of aromatic nitrogens is 3. The second-order valence-corrected chi connectivity index (χ2v) is 8.23. The molecule has 7 nitrogen and oxygen atoms in total. The number of hydrogen-bond acceptors (Lipinski definition) is 5. The summed E-state index contributed by atoms with van der Waals surface area (Å²) in [6.45, 7) is 4.29. The van der Waals surface area contributed by atoms with E-state index < -0.39 is 0 Å². The summed E-state index contributed by atoms with van der Waals surface area (Å²) in [6, 6.07) is 21.9. The van der Waals surface area contributed by atoms with E-state index in [1.807, 2.05) is 59.2 Å². The monoisotopic (exact) mass is 442 g/mol. The van der Waals surface area contributed by atoms with Crippen molar-refractivity contribution in [3.8, 4) is 11.3 Å². The van der Waals surface area contributed by atoms with E-state index in [4.69, 9.17) is 4.74 Å². The van der Waals surface area contributed by atoms with Gasteiger partial charge in [-0.2, -0.15) is 9.61 Å². The summed E-state index contributed by atoms with van der Waals surface area (Å²) < 4.78 is 8.59. The first-order valence-corrected chi connectivity index (χ1v) is 11.3. The number of rotatable bonds is 6. The van der Waals surface area contributed by atoms with Gasteiger partial charge in [-0.05, 0) is 18.9 Å². The topological polar surface area (TPSA) is 68.8 Å². The van der Waals surface area contributed by atoms with Gasteiger partial charge in [0.05, 0.1) is 12.3 Å². The maximum atomic E-state index is 13.4. The van der Waals surface area contributed by atoms with E-state index in [0.29, 0.717) is 30.9 Å². The van der Waals surface area contributed by atoms with Crippen molar-refractivity contribution < 1.29 is 9.53 Å². The number of hydrogen-bond donors (Lipinski definition) is 0. The summed E-state index contributed by atoms with van der Waals surface area (Å²) >= 11 is 0. The van der Waals surface area contributed by atoms with Crippen LogP contribution in [0, 0.1) is 0 Å². The molecule has 2 aromatic heterocycles. The molecule has 0 fully saturated rings. The Labute approximate surface area is 191 Å². The second-order valence-electron chi connectivity index (χ2n) is 8.23. The Kier molecular flexibility index (Phi) is 5.79. The standard InChI is InChI=1S/C26H26N4O3/c1-2-33-25(31)18-29-23-17-28(16-19-9-5-3-6-10-19)14-13-21(23)26(32)30-24(29)15-22(27-30)20-11-7-4-8-12-20/h3-12,15H,2,13-14,16-18H2,1H3. The van der Waals surface area contributed by atoms with E-state index in [2.05, 4.69) is 22.1 Å². The molecule has 3 heterocycles. The molecule has 4 aromatic rings. The van der Waals surface area contributed by atoms with Gasteiger partial charge in [0.25, 0.3) is 5.56 Å². The van der Waals surface area contributed by atoms with Crippen LogP contribution < -0.4 is 5.56 Å². The van der Waals surface area contributed by atoms with Gasteiger partial charge in [0.2, 0.25) is 0 Å². The summed E-state index contributed by atoms with van der Waals surface area (Å²) in [5.41, 5.74) is 4.92. The number of nitrogens with zero attached hydrogens (tertiary/aromatic N) is 4. The van der Waals surface area contributed by atoms with Crippen LogP contribution in [0.15, 0.2) is 71.5 Å². The fraction of sp³-hybridized carbons (Fsp3) is 0.269. The smallest absolute Gasteiger partial charge is 0.326 e. The predicted molar refractivity (Wildman–Crippen MR) is 126 cm³/mol. The molecule has 0 saturated heterocycles. The van der Waals surface area contributed by atoms with Gasteiger partial charge >= 0.3 is 5.97 Å². The average molecular weight is 443 g/mol. The minimum Gasteiger partial charge on any atom is -0.465 e. The maximum absolute atomic E-state index is 13.4. The Morgan fingerprint density at radius 1 is 1.06 bits per heavy atom. The third-order valence-corrected chi connectivity index (χ3v) is 6.05. The van der Waals surface area contributed by atoms with Crippen LogP contribution in [0.25, 0.3) is 16.9 Å². The van der Waals surface area contributed by atoms with Crippen LogP contribution in [0.2, 0.25) is 0 Å². The number of benzene rings is 2. The van der Waals surface area contributed by atoms with Crippen molar-refractivity contribution in [3.63, 3.8) is 0 Å². The molecule has 0 atom stereocenters. The second kappa shape index (κ2) is 9.03. The third-order valence-electron chi connectivity index (χ3n) is 6.05. The Bertz CT molecular complexity index is 1340. The molecule has 0 radical (unpaired) electrons. The van der Waals surface area contributed by atoms with Crippen molar-refractivity contribution in [2.75, 3.05) is 13.2 Å². The number of carbonyl (C=O) groups excluding carboxylic acids is 1. The molecule has 0 amide bonds. The Hall–Kier alpha value is -3.71. The molecule has 0 unspecified atom stereocenters. The lowest BCUT2D eigenvalue weighted by Gasteiger charge is -2.30. The van der Waals surface area contributed by atoms with Gasteiger partial charge in [-0.15, -0.1) is 0 Å². The van der Waals surface area contributed by atoms with Gasteiger partial charge in [0.1, 0.15) is 12.2 Å². The Balaban J connectivity index is 1.61. The summed E-state index contributed by atoms with van der Waals surface area (Å²) in [5.74, 6) is -0.326. The van der Waals surface area contributed by atoms with Crippen LogP contribution in [-0.2, 0) is 35.6 Å². The summed E-state index contributed by atoms with van der Waals surface area (Å²) in [5, 5.41) is 4.61. The molecule has 1 aliphatic heterocycles. The largest absolute Gasteiger partial charge is 0.465 e. The molecule has 168 valence electrons. The van der Waals surface area contributed by atoms with Crippen molar-refractivity contribution in [2.24, 2.45) is 0 Å². The Morgan fingerprint density at radius 2 is 1.79 bits per heavy atom. The highest BCUT2D eigenvalue weighted by molar-refractivity contribution is 5.71. The lowest BCUT2D eigenvalue weighted by atomic mass is 10.0. The van der Waals surface area contributed by atoms with Crippen molar-refractivity contribution in [1.82, 2.24) is 19.1 Å². The van der Waals surface area contributed by atoms with Crippen LogP contribution in [-0.4, -0.2) is 38.2 Å². The highest BCUT2D eigenvalue weighted by atomic mass is 16.5. The van der Waals surface area contributed by atoms with Gasteiger partial charge in [-0.1, -0.05) is 60.7 Å². The SMILES string of the molecule is CCOC(=O)Cn1c2c(c(=O)n3nc(-c4ccccc4)cc13)CCN(Cc1ccccc1)C2. The number of fused-ring (bicyclic) bond motifs is 2. The highest BCUT2D eigenvalue weighted by Gasteiger charge is 2.26. The third kappa shape index (κ3) is 4.19. The zero-order chi connectivity index (χ0) is 22.8. The van der Waals surface area contributed by atoms with Gasteiger partial charge in [0.15, 0.2) is 0 Å². The highest BCUT2D eigenvalue weighted by Crippen LogP contribution is 2.24. The first-order valence-electron chi connectivity index (χ1n) is 11.3. The molecule has 7 heteroatoms. The van der Waals surface area contributed by atoms with Gasteiger partial charge in [-0.25, -0.2) is 0 Å². The quantitative estimate of drug-likeness (QED) is 0.429. The molecule has 0 N–H and O–H groups in total. The van der Waals surface area contributed by atoms with E-state index in [0.717, 1.165) is 29.9 Å². The fourth-order valence-electron chi connectivity index (χ4n) is 4.50. The molecule has 0 saturated carbocycles. The summed E-state index contributed by atoms with van der Waals surface area (Å²) in [6.07, 6.45) is 0.611. The van der Waals surface area contributed by atoms with E-state index in [1.54, 1.807) is 6.92 Å². The van der Waals surface area contributed by atoms with Crippen LogP contribution in [0.3, 0.4) is 0 Å². The first kappa shape index (κ1) is 21.2. The lowest BCUT2D eigenvalue weighted by molar-refractivity contribution is -0.143. The van der Waals surface area contributed by atoms with Crippen molar-refractivity contribution in [3.05, 3.63) is 93.9 Å². The number of carbonyl (C=O) groups is 1. The minimum absolute atomic E-state index is 0.0407. The molecule has 0 bridgehead atoms.